The number of nitrogens with one attached hydrogen (secondary N) is 1. The highest BCUT2D eigenvalue weighted by molar-refractivity contribution is 5.89. The van der Waals surface area contributed by atoms with Crippen molar-refractivity contribution in [2.24, 2.45) is 0 Å². The van der Waals surface area contributed by atoms with Crippen molar-refractivity contribution in [1.82, 2.24) is 20.0 Å². The Balaban J connectivity index is 1.18. The van der Waals surface area contributed by atoms with E-state index in [2.05, 4.69) is 25.3 Å². The fraction of sp³-hybridized carbons (Fsp3) is 0.333. The molecule has 2 amide bonds. The molecule has 0 spiro atoms. The van der Waals surface area contributed by atoms with Crippen molar-refractivity contribution >= 4 is 17.5 Å². The first kappa shape index (κ1) is 18.5. The van der Waals surface area contributed by atoms with Gasteiger partial charge in [-0.15, -0.1) is 0 Å². The second-order valence-electron chi connectivity index (χ2n) is 7.52. The Bertz CT molecular complexity index is 1040. The zero-order valence-corrected chi connectivity index (χ0v) is 16.3. The number of piperazine rings is 1. The van der Waals surface area contributed by atoms with Crippen LogP contribution in [0.1, 0.15) is 24.7 Å². The molecular weight excluding hydrogens is 387 g/mol. The number of anilines is 2. The monoisotopic (exact) mass is 408 g/mol. The van der Waals surface area contributed by atoms with Crippen molar-refractivity contribution in [3.05, 3.63) is 54.3 Å². The fourth-order valence-corrected chi connectivity index (χ4v) is 3.45. The number of hydrogen-bond acceptors (Lipinski definition) is 6. The van der Waals surface area contributed by atoms with Crippen LogP contribution in [0, 0.1) is 5.82 Å². The van der Waals surface area contributed by atoms with Gasteiger partial charge in [0.2, 0.25) is 11.7 Å². The van der Waals surface area contributed by atoms with Gasteiger partial charge in [0, 0.05) is 43.9 Å². The Kier molecular flexibility index (Phi) is 4.78. The molecule has 0 atom stereocenters. The molecule has 1 aromatic carbocycles. The van der Waals surface area contributed by atoms with E-state index in [-0.39, 0.29) is 11.7 Å². The number of nitrogens with zero attached hydrogens (tertiary/aromatic N) is 5. The summed E-state index contributed by atoms with van der Waals surface area (Å²) in [7, 11) is 0. The zero-order chi connectivity index (χ0) is 20.5. The molecule has 0 unspecified atom stereocenters. The van der Waals surface area contributed by atoms with Crippen LogP contribution in [0.15, 0.2) is 47.1 Å². The van der Waals surface area contributed by atoms with Gasteiger partial charge in [0.15, 0.2) is 0 Å². The average molecular weight is 408 g/mol. The number of benzene rings is 1. The molecule has 1 aliphatic carbocycles. The second kappa shape index (κ2) is 7.74. The molecule has 154 valence electrons. The van der Waals surface area contributed by atoms with Crippen molar-refractivity contribution in [2.45, 2.75) is 18.8 Å². The molecule has 2 aromatic heterocycles. The van der Waals surface area contributed by atoms with E-state index in [0.717, 1.165) is 24.2 Å². The highest BCUT2D eigenvalue weighted by atomic mass is 19.1. The van der Waals surface area contributed by atoms with Crippen LogP contribution in [-0.4, -0.2) is 52.2 Å². The van der Waals surface area contributed by atoms with Gasteiger partial charge in [-0.2, -0.15) is 4.98 Å². The van der Waals surface area contributed by atoms with Gasteiger partial charge in [-0.3, -0.25) is 0 Å². The molecule has 3 aromatic rings. The first-order valence-electron chi connectivity index (χ1n) is 10.0. The summed E-state index contributed by atoms with van der Waals surface area (Å²) in [6, 6.07) is 9.71. The summed E-state index contributed by atoms with van der Waals surface area (Å²) in [5.41, 5.74) is 1.01. The first-order chi connectivity index (χ1) is 14.7. The van der Waals surface area contributed by atoms with Gasteiger partial charge in [0.25, 0.3) is 0 Å². The molecule has 1 aliphatic heterocycles. The molecule has 2 fully saturated rings. The Labute approximate surface area is 172 Å². The highest BCUT2D eigenvalue weighted by Gasteiger charge is 2.30. The number of pyridine rings is 1. The molecule has 8 nitrogen and oxygen atoms in total. The van der Waals surface area contributed by atoms with Crippen molar-refractivity contribution in [2.75, 3.05) is 36.4 Å². The summed E-state index contributed by atoms with van der Waals surface area (Å²) in [4.78, 5) is 25.2. The second-order valence-corrected chi connectivity index (χ2v) is 7.52. The lowest BCUT2D eigenvalue weighted by atomic mass is 10.2. The molecule has 2 aliphatic rings. The molecule has 1 N–H and O–H groups in total. The van der Waals surface area contributed by atoms with Crippen LogP contribution in [-0.2, 0) is 0 Å². The normalized spacial score (nSPS) is 16.6. The molecular formula is C21H21FN6O2. The minimum Gasteiger partial charge on any atom is -0.353 e. The number of hydrogen-bond donors (Lipinski definition) is 1. The minimum absolute atomic E-state index is 0.188. The van der Waals surface area contributed by atoms with E-state index in [1.165, 1.54) is 6.07 Å². The third-order valence-corrected chi connectivity index (χ3v) is 5.38. The number of amides is 2. The summed E-state index contributed by atoms with van der Waals surface area (Å²) >= 11 is 0. The van der Waals surface area contributed by atoms with E-state index in [1.807, 2.05) is 12.1 Å². The summed E-state index contributed by atoms with van der Waals surface area (Å²) in [5.74, 6) is 2.08. The van der Waals surface area contributed by atoms with E-state index in [1.54, 1.807) is 29.3 Å². The third kappa shape index (κ3) is 3.83. The van der Waals surface area contributed by atoms with Gasteiger partial charge >= 0.3 is 6.03 Å². The molecule has 1 saturated heterocycles. The van der Waals surface area contributed by atoms with E-state index >= 15 is 0 Å². The van der Waals surface area contributed by atoms with Gasteiger partial charge in [-0.05, 0) is 37.1 Å². The predicted molar refractivity (Wildman–Crippen MR) is 109 cm³/mol. The van der Waals surface area contributed by atoms with Crippen LogP contribution in [0.4, 0.5) is 20.7 Å². The lowest BCUT2D eigenvalue weighted by Gasteiger charge is -2.35. The van der Waals surface area contributed by atoms with E-state index < -0.39 is 5.82 Å². The summed E-state index contributed by atoms with van der Waals surface area (Å²) in [6.07, 6.45) is 3.97. The van der Waals surface area contributed by atoms with Crippen LogP contribution < -0.4 is 10.2 Å². The number of carbonyl (C=O) groups excluding carboxylic acids is 1. The topological polar surface area (TPSA) is 87.4 Å². The van der Waals surface area contributed by atoms with Gasteiger partial charge in [-0.1, -0.05) is 17.3 Å². The van der Waals surface area contributed by atoms with E-state index in [9.17, 15) is 9.18 Å². The van der Waals surface area contributed by atoms with Crippen molar-refractivity contribution in [3.63, 3.8) is 0 Å². The number of rotatable bonds is 4. The maximum absolute atomic E-state index is 13.7. The number of halogens is 1. The van der Waals surface area contributed by atoms with Crippen LogP contribution in [0.2, 0.25) is 0 Å². The molecule has 30 heavy (non-hydrogen) atoms. The molecule has 3 heterocycles. The van der Waals surface area contributed by atoms with Crippen LogP contribution in [0.25, 0.3) is 11.4 Å². The highest BCUT2D eigenvalue weighted by Crippen LogP contribution is 2.39. The quantitative estimate of drug-likeness (QED) is 0.711. The third-order valence-electron chi connectivity index (χ3n) is 5.38. The Morgan fingerprint density at radius 1 is 1.10 bits per heavy atom. The fourth-order valence-electron chi connectivity index (χ4n) is 3.45. The maximum atomic E-state index is 13.7. The van der Waals surface area contributed by atoms with Gasteiger partial charge in [0.1, 0.15) is 11.6 Å². The Hall–Kier alpha value is -3.49. The number of carbonyl (C=O) groups is 1. The number of urea groups is 1. The lowest BCUT2D eigenvalue weighted by Crippen LogP contribution is -2.50. The predicted octanol–water partition coefficient (Wildman–Crippen LogP) is 3.50. The standard InChI is InChI=1S/C21H21FN6O2/c22-16-3-1-2-4-17(16)24-21(29)28-11-9-27(10-12-28)18-8-7-15(13-23-18)19-25-20(30-26-19)14-5-6-14/h1-4,7-8,13-14H,5-6,9-12H2,(H,24,29). The van der Waals surface area contributed by atoms with Crippen molar-refractivity contribution in [3.8, 4) is 11.4 Å². The number of aromatic nitrogens is 3. The van der Waals surface area contributed by atoms with Crippen molar-refractivity contribution < 1.29 is 13.7 Å². The van der Waals surface area contributed by atoms with Crippen LogP contribution in [0.3, 0.4) is 0 Å². The van der Waals surface area contributed by atoms with E-state index in [0.29, 0.717) is 43.8 Å². The molecule has 9 heteroatoms. The van der Waals surface area contributed by atoms with Gasteiger partial charge in [-0.25, -0.2) is 14.2 Å². The average Bonchev–Trinajstić information content (AvgIpc) is 3.52. The Morgan fingerprint density at radius 3 is 2.60 bits per heavy atom. The molecule has 1 saturated carbocycles. The maximum Gasteiger partial charge on any atom is 0.322 e. The van der Waals surface area contributed by atoms with Crippen molar-refractivity contribution in [1.29, 1.82) is 0 Å². The van der Waals surface area contributed by atoms with Gasteiger partial charge in [0.05, 0.1) is 5.69 Å². The van der Waals surface area contributed by atoms with E-state index in [4.69, 9.17) is 4.52 Å². The summed E-state index contributed by atoms with van der Waals surface area (Å²) < 4.78 is 19.0. The number of para-hydroxylation sites is 1. The minimum atomic E-state index is -0.445. The molecule has 0 radical (unpaired) electrons. The summed E-state index contributed by atoms with van der Waals surface area (Å²) in [5, 5.41) is 6.67. The Morgan fingerprint density at radius 2 is 1.90 bits per heavy atom. The smallest absolute Gasteiger partial charge is 0.322 e. The summed E-state index contributed by atoms with van der Waals surface area (Å²) in [6.45, 7) is 2.34. The zero-order valence-electron chi connectivity index (χ0n) is 16.3. The largest absolute Gasteiger partial charge is 0.353 e. The lowest BCUT2D eigenvalue weighted by molar-refractivity contribution is 0.208. The first-order valence-corrected chi connectivity index (χ1v) is 10.0. The van der Waals surface area contributed by atoms with Crippen LogP contribution in [0.5, 0.6) is 0 Å². The molecule has 0 bridgehead atoms. The van der Waals surface area contributed by atoms with Gasteiger partial charge < -0.3 is 19.6 Å². The molecule has 5 rings (SSSR count). The van der Waals surface area contributed by atoms with Crippen LogP contribution >= 0.6 is 0 Å². The SMILES string of the molecule is O=C(Nc1ccccc1F)N1CCN(c2ccc(-c3noc(C4CC4)n3)cn2)CC1.